The minimum absolute atomic E-state index is 0.322. The van der Waals surface area contributed by atoms with Crippen LogP contribution in [0, 0.1) is 0 Å². The summed E-state index contributed by atoms with van der Waals surface area (Å²) in [5.74, 6) is 1.75. The van der Waals surface area contributed by atoms with Crippen LogP contribution in [0.15, 0.2) is 36.4 Å². The Morgan fingerprint density at radius 1 is 1.05 bits per heavy atom. The van der Waals surface area contributed by atoms with Crippen molar-refractivity contribution in [1.82, 2.24) is 9.97 Å². The van der Waals surface area contributed by atoms with Crippen LogP contribution in [0.3, 0.4) is 0 Å². The van der Waals surface area contributed by atoms with Crippen LogP contribution in [0.25, 0.3) is 11.3 Å². The Bertz CT molecular complexity index is 589. The highest BCUT2D eigenvalue weighted by atomic mass is 15.2. The van der Waals surface area contributed by atoms with Gasteiger partial charge in [-0.2, -0.15) is 4.98 Å². The van der Waals surface area contributed by atoms with E-state index in [0.29, 0.717) is 12.0 Å². The lowest BCUT2D eigenvalue weighted by Gasteiger charge is -2.19. The highest BCUT2D eigenvalue weighted by Crippen LogP contribution is 2.25. The van der Waals surface area contributed by atoms with Crippen molar-refractivity contribution >= 4 is 11.8 Å². The summed E-state index contributed by atoms with van der Waals surface area (Å²) >= 11 is 0. The van der Waals surface area contributed by atoms with Crippen LogP contribution in [-0.4, -0.2) is 29.1 Å². The molecule has 21 heavy (non-hydrogen) atoms. The zero-order chi connectivity index (χ0) is 14.7. The summed E-state index contributed by atoms with van der Waals surface area (Å²) in [6.45, 7) is 6.39. The molecule has 1 fully saturated rings. The van der Waals surface area contributed by atoms with Crippen LogP contribution >= 0.6 is 0 Å². The normalized spacial score (nSPS) is 14.7. The van der Waals surface area contributed by atoms with Crippen LogP contribution < -0.4 is 10.2 Å². The van der Waals surface area contributed by atoms with Gasteiger partial charge in [0.25, 0.3) is 0 Å². The molecule has 3 rings (SSSR count). The van der Waals surface area contributed by atoms with Gasteiger partial charge in [0.1, 0.15) is 5.82 Å². The number of rotatable bonds is 4. The molecule has 0 bridgehead atoms. The zero-order valence-corrected chi connectivity index (χ0v) is 12.7. The predicted molar refractivity (Wildman–Crippen MR) is 87.7 cm³/mol. The maximum atomic E-state index is 4.68. The zero-order valence-electron chi connectivity index (χ0n) is 12.7. The number of benzene rings is 1. The van der Waals surface area contributed by atoms with Crippen molar-refractivity contribution in [3.8, 4) is 11.3 Å². The Morgan fingerprint density at radius 3 is 2.43 bits per heavy atom. The predicted octanol–water partition coefficient (Wildman–Crippen LogP) is 3.56. The number of anilines is 2. The first kappa shape index (κ1) is 13.9. The van der Waals surface area contributed by atoms with Gasteiger partial charge in [0.2, 0.25) is 5.95 Å². The van der Waals surface area contributed by atoms with Gasteiger partial charge < -0.3 is 10.2 Å². The molecule has 4 heteroatoms. The highest BCUT2D eigenvalue weighted by molar-refractivity contribution is 5.65. The van der Waals surface area contributed by atoms with E-state index in [2.05, 4.69) is 52.2 Å². The van der Waals surface area contributed by atoms with E-state index in [0.717, 1.165) is 30.2 Å². The average molecular weight is 282 g/mol. The molecule has 0 radical (unpaired) electrons. The number of nitrogens with zero attached hydrogens (tertiary/aromatic N) is 3. The summed E-state index contributed by atoms with van der Waals surface area (Å²) in [6.07, 6.45) is 2.50. The maximum absolute atomic E-state index is 4.68. The molecule has 1 aromatic heterocycles. The monoisotopic (exact) mass is 282 g/mol. The summed E-state index contributed by atoms with van der Waals surface area (Å²) in [6, 6.07) is 12.7. The Balaban J connectivity index is 2.00. The van der Waals surface area contributed by atoms with E-state index in [1.165, 1.54) is 12.8 Å². The second kappa shape index (κ2) is 6.12. The molecule has 1 N–H and O–H groups in total. The van der Waals surface area contributed by atoms with Gasteiger partial charge in [0.15, 0.2) is 0 Å². The van der Waals surface area contributed by atoms with Crippen LogP contribution in [0.1, 0.15) is 26.7 Å². The topological polar surface area (TPSA) is 41.1 Å². The lowest BCUT2D eigenvalue weighted by molar-refractivity contribution is 0.864. The minimum atomic E-state index is 0.322. The molecule has 0 aliphatic carbocycles. The van der Waals surface area contributed by atoms with Crippen LogP contribution in [0.5, 0.6) is 0 Å². The van der Waals surface area contributed by atoms with E-state index < -0.39 is 0 Å². The summed E-state index contributed by atoms with van der Waals surface area (Å²) < 4.78 is 0. The van der Waals surface area contributed by atoms with Gasteiger partial charge in [0, 0.05) is 30.8 Å². The first-order valence-electron chi connectivity index (χ1n) is 7.68. The van der Waals surface area contributed by atoms with Crippen molar-refractivity contribution in [1.29, 1.82) is 0 Å². The Hall–Kier alpha value is -2.10. The largest absolute Gasteiger partial charge is 0.356 e. The van der Waals surface area contributed by atoms with E-state index in [9.17, 15) is 0 Å². The van der Waals surface area contributed by atoms with Crippen molar-refractivity contribution in [3.63, 3.8) is 0 Å². The molecule has 110 valence electrons. The maximum Gasteiger partial charge on any atom is 0.225 e. The Labute approximate surface area is 126 Å². The van der Waals surface area contributed by atoms with E-state index >= 15 is 0 Å². The summed E-state index contributed by atoms with van der Waals surface area (Å²) in [4.78, 5) is 11.7. The van der Waals surface area contributed by atoms with Gasteiger partial charge in [-0.25, -0.2) is 4.98 Å². The molecule has 4 nitrogen and oxygen atoms in total. The van der Waals surface area contributed by atoms with Crippen molar-refractivity contribution in [2.45, 2.75) is 32.7 Å². The van der Waals surface area contributed by atoms with E-state index in [4.69, 9.17) is 0 Å². The molecule has 1 aliphatic rings. The van der Waals surface area contributed by atoms with Gasteiger partial charge in [-0.3, -0.25) is 0 Å². The van der Waals surface area contributed by atoms with E-state index in [-0.39, 0.29) is 0 Å². The summed E-state index contributed by atoms with van der Waals surface area (Å²) in [5, 5.41) is 3.33. The minimum Gasteiger partial charge on any atom is -0.356 e. The fourth-order valence-electron chi connectivity index (χ4n) is 2.62. The fraction of sp³-hybridized carbons (Fsp3) is 0.412. The lowest BCUT2D eigenvalue weighted by Crippen LogP contribution is -2.21. The average Bonchev–Trinajstić information content (AvgIpc) is 3.01. The second-order valence-corrected chi connectivity index (χ2v) is 5.79. The smallest absolute Gasteiger partial charge is 0.225 e. The van der Waals surface area contributed by atoms with Crippen molar-refractivity contribution in [3.05, 3.63) is 36.4 Å². The van der Waals surface area contributed by atoms with E-state index in [1.54, 1.807) is 0 Å². The Morgan fingerprint density at radius 2 is 1.76 bits per heavy atom. The molecular formula is C17H22N4. The van der Waals surface area contributed by atoms with Gasteiger partial charge in [-0.05, 0) is 26.7 Å². The molecule has 0 spiro atoms. The van der Waals surface area contributed by atoms with Gasteiger partial charge >= 0.3 is 0 Å². The fourth-order valence-corrected chi connectivity index (χ4v) is 2.62. The molecule has 1 aromatic carbocycles. The third-order valence-electron chi connectivity index (χ3n) is 3.63. The van der Waals surface area contributed by atoms with Crippen molar-refractivity contribution in [2.24, 2.45) is 0 Å². The third kappa shape index (κ3) is 3.32. The molecule has 2 heterocycles. The van der Waals surface area contributed by atoms with Gasteiger partial charge in [0.05, 0.1) is 5.69 Å². The summed E-state index contributed by atoms with van der Waals surface area (Å²) in [5.41, 5.74) is 2.11. The van der Waals surface area contributed by atoms with Crippen molar-refractivity contribution < 1.29 is 0 Å². The van der Waals surface area contributed by atoms with Crippen molar-refractivity contribution in [2.75, 3.05) is 23.3 Å². The quantitative estimate of drug-likeness (QED) is 0.931. The molecule has 0 atom stereocenters. The number of aromatic nitrogens is 2. The van der Waals surface area contributed by atoms with Crippen LogP contribution in [0.2, 0.25) is 0 Å². The first-order valence-corrected chi connectivity index (χ1v) is 7.68. The number of hydrogen-bond acceptors (Lipinski definition) is 4. The Kier molecular flexibility index (Phi) is 4.04. The molecule has 2 aromatic rings. The highest BCUT2D eigenvalue weighted by Gasteiger charge is 2.16. The van der Waals surface area contributed by atoms with E-state index in [1.807, 2.05) is 18.2 Å². The molecule has 0 saturated carbocycles. The molecular weight excluding hydrogens is 260 g/mol. The lowest BCUT2D eigenvalue weighted by atomic mass is 10.1. The number of hydrogen-bond donors (Lipinski definition) is 1. The van der Waals surface area contributed by atoms with Crippen LogP contribution in [0.4, 0.5) is 11.8 Å². The molecule has 1 saturated heterocycles. The third-order valence-corrected chi connectivity index (χ3v) is 3.63. The van der Waals surface area contributed by atoms with Crippen LogP contribution in [-0.2, 0) is 0 Å². The standard InChI is InChI=1S/C17H22N4/c1-13(2)18-17-19-15(14-8-4-3-5-9-14)12-16(20-17)21-10-6-7-11-21/h3-5,8-9,12-13H,6-7,10-11H2,1-2H3,(H,18,19,20). The molecule has 0 unspecified atom stereocenters. The molecule has 0 amide bonds. The first-order chi connectivity index (χ1) is 10.2. The molecule has 1 aliphatic heterocycles. The number of nitrogens with one attached hydrogen (secondary N) is 1. The van der Waals surface area contributed by atoms with Gasteiger partial charge in [-0.1, -0.05) is 30.3 Å². The summed E-state index contributed by atoms with van der Waals surface area (Å²) in [7, 11) is 0. The second-order valence-electron chi connectivity index (χ2n) is 5.79. The SMILES string of the molecule is CC(C)Nc1nc(-c2ccccc2)cc(N2CCCC2)n1. The van der Waals surface area contributed by atoms with Gasteiger partial charge in [-0.15, -0.1) is 0 Å².